The Bertz CT molecular complexity index is 863. The van der Waals surface area contributed by atoms with E-state index < -0.39 is 5.54 Å². The summed E-state index contributed by atoms with van der Waals surface area (Å²) in [5.41, 5.74) is -0.574. The lowest BCUT2D eigenvalue weighted by Crippen LogP contribution is -2.48. The van der Waals surface area contributed by atoms with Crippen molar-refractivity contribution in [3.05, 3.63) is 11.7 Å². The molecule has 2 saturated carbocycles. The number of nitrogens with zero attached hydrogens (tertiary/aromatic N) is 3. The Morgan fingerprint density at radius 3 is 2.29 bits per heavy atom. The fourth-order valence-corrected chi connectivity index (χ4v) is 6.00. The predicted octanol–water partition coefficient (Wildman–Crippen LogP) is 3.38. The van der Waals surface area contributed by atoms with Gasteiger partial charge in [0.25, 0.3) is 0 Å². The molecule has 3 fully saturated rings. The fraction of sp³-hybridized carbons (Fsp3) is 0.808. The molecular weight excluding hydrogens is 446 g/mol. The molecule has 9 nitrogen and oxygen atoms in total. The van der Waals surface area contributed by atoms with Gasteiger partial charge in [-0.3, -0.25) is 14.4 Å². The zero-order valence-corrected chi connectivity index (χ0v) is 21.2. The maximum absolute atomic E-state index is 12.8. The number of aryl methyl sites for hydroxylation is 1. The lowest BCUT2D eigenvalue weighted by Gasteiger charge is -2.35. The molecular formula is C26H41N5O4. The van der Waals surface area contributed by atoms with E-state index in [9.17, 15) is 14.4 Å². The predicted molar refractivity (Wildman–Crippen MR) is 130 cm³/mol. The minimum absolute atomic E-state index is 0.0344. The molecule has 0 spiro atoms. The molecule has 194 valence electrons. The van der Waals surface area contributed by atoms with Gasteiger partial charge in [-0.05, 0) is 38.5 Å². The fourth-order valence-electron chi connectivity index (χ4n) is 6.00. The second-order valence-electron chi connectivity index (χ2n) is 10.7. The van der Waals surface area contributed by atoms with E-state index in [1.54, 1.807) is 0 Å². The molecule has 0 bridgehead atoms. The second-order valence-corrected chi connectivity index (χ2v) is 10.7. The van der Waals surface area contributed by atoms with E-state index in [4.69, 9.17) is 4.52 Å². The number of nitrogens with one attached hydrogen (secondary N) is 2. The molecule has 3 amide bonds. The average molecular weight is 488 g/mol. The molecule has 1 aromatic rings. The third-order valence-corrected chi connectivity index (χ3v) is 7.96. The first-order chi connectivity index (χ1) is 16.9. The van der Waals surface area contributed by atoms with Gasteiger partial charge in [-0.1, -0.05) is 50.1 Å². The monoisotopic (exact) mass is 487 g/mol. The second kappa shape index (κ2) is 12.0. The van der Waals surface area contributed by atoms with Crippen LogP contribution >= 0.6 is 0 Å². The Kier molecular flexibility index (Phi) is 8.78. The standard InChI is InChI=1S/C26H41N5O4/c1-19(32)29-26(15-7-2-3-8-16-26)25-28-23(35-30-25)12-11-22(33)27-21-13-17-31(18-14-21)24(34)20-9-5-4-6-10-20/h20-21H,2-18H2,1H3,(H,27,33)(H,29,32). The Hall–Kier alpha value is -2.45. The number of piperidine rings is 1. The van der Waals surface area contributed by atoms with Crippen molar-refractivity contribution in [3.8, 4) is 0 Å². The number of amides is 3. The first-order valence-electron chi connectivity index (χ1n) is 13.7. The third-order valence-electron chi connectivity index (χ3n) is 7.96. The van der Waals surface area contributed by atoms with E-state index >= 15 is 0 Å². The number of likely N-dealkylation sites (tertiary alicyclic amines) is 1. The molecule has 4 rings (SSSR count). The first kappa shape index (κ1) is 25.6. The highest BCUT2D eigenvalue weighted by Gasteiger charge is 2.38. The summed E-state index contributed by atoms with van der Waals surface area (Å²) >= 11 is 0. The van der Waals surface area contributed by atoms with Gasteiger partial charge in [-0.15, -0.1) is 0 Å². The first-order valence-corrected chi connectivity index (χ1v) is 13.7. The largest absolute Gasteiger partial charge is 0.353 e. The van der Waals surface area contributed by atoms with Crippen LogP contribution in [0.15, 0.2) is 4.52 Å². The maximum atomic E-state index is 12.8. The summed E-state index contributed by atoms with van der Waals surface area (Å²) in [6, 6.07) is 0.102. The van der Waals surface area contributed by atoms with Gasteiger partial charge < -0.3 is 20.1 Å². The number of hydrogen-bond acceptors (Lipinski definition) is 6. The number of carbonyl (C=O) groups is 3. The highest BCUT2D eigenvalue weighted by molar-refractivity contribution is 5.79. The quantitative estimate of drug-likeness (QED) is 0.570. The van der Waals surface area contributed by atoms with Crippen molar-refractivity contribution in [2.24, 2.45) is 5.92 Å². The molecule has 0 atom stereocenters. The lowest BCUT2D eigenvalue weighted by atomic mass is 9.87. The normalized spacial score (nSPS) is 21.8. The SMILES string of the molecule is CC(=O)NC1(c2noc(CCC(=O)NC3CCN(C(=O)C4CCCCC4)CC3)n2)CCCCCC1. The van der Waals surface area contributed by atoms with Crippen LogP contribution in [0.1, 0.15) is 109 Å². The van der Waals surface area contributed by atoms with Crippen LogP contribution in [-0.4, -0.2) is 51.9 Å². The Morgan fingerprint density at radius 2 is 1.63 bits per heavy atom. The van der Waals surface area contributed by atoms with E-state index in [0.29, 0.717) is 24.0 Å². The zero-order chi connectivity index (χ0) is 24.7. The van der Waals surface area contributed by atoms with Gasteiger partial charge in [0.1, 0.15) is 5.54 Å². The van der Waals surface area contributed by atoms with Crippen LogP contribution < -0.4 is 10.6 Å². The molecule has 2 heterocycles. The molecule has 9 heteroatoms. The van der Waals surface area contributed by atoms with Crippen LogP contribution in [0.3, 0.4) is 0 Å². The average Bonchev–Trinajstić information content (AvgIpc) is 3.23. The van der Waals surface area contributed by atoms with Gasteiger partial charge in [0.15, 0.2) is 5.82 Å². The van der Waals surface area contributed by atoms with E-state index in [-0.39, 0.29) is 30.2 Å². The van der Waals surface area contributed by atoms with Gasteiger partial charge >= 0.3 is 0 Å². The summed E-state index contributed by atoms with van der Waals surface area (Å²) in [6.07, 6.45) is 13.8. The van der Waals surface area contributed by atoms with Gasteiger partial charge in [-0.2, -0.15) is 4.98 Å². The van der Waals surface area contributed by atoms with E-state index in [2.05, 4.69) is 20.8 Å². The number of hydrogen-bond donors (Lipinski definition) is 2. The van der Waals surface area contributed by atoms with E-state index in [0.717, 1.165) is 77.3 Å². The summed E-state index contributed by atoms with van der Waals surface area (Å²) in [5.74, 6) is 1.35. The van der Waals surface area contributed by atoms with Crippen molar-refractivity contribution in [1.82, 2.24) is 25.7 Å². The minimum Gasteiger partial charge on any atom is -0.353 e. The molecule has 1 saturated heterocycles. The van der Waals surface area contributed by atoms with Crippen LogP contribution in [0.25, 0.3) is 0 Å². The summed E-state index contributed by atoms with van der Waals surface area (Å²) in [5, 5.41) is 10.4. The van der Waals surface area contributed by atoms with Crippen molar-refractivity contribution in [1.29, 1.82) is 0 Å². The number of carbonyl (C=O) groups excluding carboxylic acids is 3. The summed E-state index contributed by atoms with van der Waals surface area (Å²) in [7, 11) is 0. The molecule has 0 aromatic carbocycles. The Labute approximate surface area is 208 Å². The molecule has 3 aliphatic rings. The Balaban J connectivity index is 1.23. The zero-order valence-electron chi connectivity index (χ0n) is 21.2. The lowest BCUT2D eigenvalue weighted by molar-refractivity contribution is -0.137. The third kappa shape index (κ3) is 6.82. The minimum atomic E-state index is -0.574. The molecule has 0 unspecified atom stereocenters. The molecule has 35 heavy (non-hydrogen) atoms. The number of rotatable bonds is 7. The van der Waals surface area contributed by atoms with Crippen molar-refractivity contribution in [2.75, 3.05) is 13.1 Å². The van der Waals surface area contributed by atoms with Gasteiger partial charge in [0, 0.05) is 44.8 Å². The van der Waals surface area contributed by atoms with Crippen LogP contribution in [0.2, 0.25) is 0 Å². The molecule has 0 radical (unpaired) electrons. The van der Waals surface area contributed by atoms with Crippen LogP contribution in [0.4, 0.5) is 0 Å². The highest BCUT2D eigenvalue weighted by atomic mass is 16.5. The van der Waals surface area contributed by atoms with E-state index in [1.165, 1.54) is 26.2 Å². The molecule has 2 N–H and O–H groups in total. The van der Waals surface area contributed by atoms with Crippen LogP contribution in [0.5, 0.6) is 0 Å². The Morgan fingerprint density at radius 1 is 0.971 bits per heavy atom. The molecule has 1 aliphatic heterocycles. The summed E-state index contributed by atoms with van der Waals surface area (Å²) in [4.78, 5) is 43.8. The topological polar surface area (TPSA) is 117 Å². The smallest absolute Gasteiger partial charge is 0.227 e. The van der Waals surface area contributed by atoms with Crippen molar-refractivity contribution in [2.45, 2.75) is 115 Å². The van der Waals surface area contributed by atoms with E-state index in [1.807, 2.05) is 4.90 Å². The van der Waals surface area contributed by atoms with Crippen molar-refractivity contribution >= 4 is 17.7 Å². The van der Waals surface area contributed by atoms with Crippen molar-refractivity contribution in [3.63, 3.8) is 0 Å². The van der Waals surface area contributed by atoms with Gasteiger partial charge in [0.2, 0.25) is 23.6 Å². The molecule has 2 aliphatic carbocycles. The number of aromatic nitrogens is 2. The summed E-state index contributed by atoms with van der Waals surface area (Å²) in [6.45, 7) is 2.96. The van der Waals surface area contributed by atoms with Crippen LogP contribution in [-0.2, 0) is 26.3 Å². The molecule has 1 aromatic heterocycles. The highest BCUT2D eigenvalue weighted by Crippen LogP contribution is 2.34. The van der Waals surface area contributed by atoms with Crippen LogP contribution in [0, 0.1) is 5.92 Å². The van der Waals surface area contributed by atoms with Gasteiger partial charge in [0.05, 0.1) is 0 Å². The summed E-state index contributed by atoms with van der Waals surface area (Å²) < 4.78 is 5.47. The van der Waals surface area contributed by atoms with Gasteiger partial charge in [-0.25, -0.2) is 0 Å². The van der Waals surface area contributed by atoms with Crippen molar-refractivity contribution < 1.29 is 18.9 Å². The maximum Gasteiger partial charge on any atom is 0.227 e.